The maximum absolute atomic E-state index is 6.52. The zero-order valence-electron chi connectivity index (χ0n) is 14.6. The van der Waals surface area contributed by atoms with Crippen molar-refractivity contribution < 1.29 is 4.74 Å². The van der Waals surface area contributed by atoms with E-state index in [-0.39, 0.29) is 12.3 Å². The van der Waals surface area contributed by atoms with Gasteiger partial charge in [0.15, 0.2) is 0 Å². The van der Waals surface area contributed by atoms with Crippen molar-refractivity contribution in [2.24, 2.45) is 5.10 Å². The van der Waals surface area contributed by atoms with Crippen LogP contribution in [0.15, 0.2) is 80.8 Å². The van der Waals surface area contributed by atoms with Crippen LogP contribution >= 0.6 is 43.5 Å². The van der Waals surface area contributed by atoms with E-state index in [0.717, 1.165) is 43.5 Å². The molecule has 3 nitrogen and oxygen atoms in total. The van der Waals surface area contributed by atoms with E-state index in [0.29, 0.717) is 5.02 Å². The zero-order valence-corrected chi connectivity index (χ0v) is 18.6. The van der Waals surface area contributed by atoms with E-state index in [1.54, 1.807) is 0 Å². The van der Waals surface area contributed by atoms with E-state index < -0.39 is 0 Å². The molecular formula is C22H15Br2ClN2O. The third-order valence-electron chi connectivity index (χ3n) is 5.09. The van der Waals surface area contributed by atoms with Gasteiger partial charge in [-0.3, -0.25) is 0 Å². The predicted octanol–water partition coefficient (Wildman–Crippen LogP) is 7.11. The van der Waals surface area contributed by atoms with Crippen molar-refractivity contribution in [1.82, 2.24) is 5.01 Å². The van der Waals surface area contributed by atoms with Crippen LogP contribution in [-0.4, -0.2) is 10.7 Å². The van der Waals surface area contributed by atoms with Crippen LogP contribution in [0.5, 0.6) is 5.75 Å². The van der Waals surface area contributed by atoms with Crippen molar-refractivity contribution in [1.29, 1.82) is 0 Å². The maximum Gasteiger partial charge on any atom is 0.215 e. The summed E-state index contributed by atoms with van der Waals surface area (Å²) in [6, 6.07) is 22.3. The second-order valence-electron chi connectivity index (χ2n) is 6.81. The second kappa shape index (κ2) is 7.21. The second-order valence-corrected chi connectivity index (χ2v) is 8.99. The van der Waals surface area contributed by atoms with E-state index in [1.165, 1.54) is 0 Å². The standard InChI is InChI=1S/C22H15Br2ClN2O/c23-14-10-16-20-12-19(13-6-2-1-3-7-13)26-27(20)22(28-21(16)17(24)11-14)15-8-4-5-9-18(15)25/h1-11,20,22H,12H2. The number of benzene rings is 3. The number of halogens is 3. The highest BCUT2D eigenvalue weighted by atomic mass is 79.9. The molecule has 0 amide bonds. The highest BCUT2D eigenvalue weighted by molar-refractivity contribution is 9.11. The quantitative estimate of drug-likeness (QED) is 0.361. The summed E-state index contributed by atoms with van der Waals surface area (Å²) in [7, 11) is 0. The Hall–Kier alpha value is -1.82. The van der Waals surface area contributed by atoms with Gasteiger partial charge in [0.25, 0.3) is 0 Å². The van der Waals surface area contributed by atoms with Gasteiger partial charge in [-0.2, -0.15) is 5.10 Å². The number of hydrogen-bond donors (Lipinski definition) is 0. The molecule has 0 radical (unpaired) electrons. The Labute approximate surface area is 185 Å². The van der Waals surface area contributed by atoms with E-state index >= 15 is 0 Å². The average molecular weight is 519 g/mol. The van der Waals surface area contributed by atoms with Gasteiger partial charge in [-0.25, -0.2) is 5.01 Å². The number of nitrogens with zero attached hydrogens (tertiary/aromatic N) is 2. The Morgan fingerprint density at radius 1 is 0.964 bits per heavy atom. The fourth-order valence-corrected chi connectivity index (χ4v) is 5.38. The van der Waals surface area contributed by atoms with Crippen LogP contribution in [0.1, 0.15) is 35.4 Å². The summed E-state index contributed by atoms with van der Waals surface area (Å²) in [6.07, 6.45) is 0.425. The Morgan fingerprint density at radius 2 is 1.71 bits per heavy atom. The van der Waals surface area contributed by atoms with Crippen LogP contribution in [0, 0.1) is 0 Å². The first-order valence-electron chi connectivity index (χ1n) is 8.93. The Kier molecular flexibility index (Phi) is 4.69. The molecule has 3 aromatic carbocycles. The number of hydrogen-bond acceptors (Lipinski definition) is 3. The van der Waals surface area contributed by atoms with Crippen LogP contribution < -0.4 is 4.74 Å². The van der Waals surface area contributed by atoms with Gasteiger partial charge < -0.3 is 4.74 Å². The zero-order chi connectivity index (χ0) is 19.3. The highest BCUT2D eigenvalue weighted by Crippen LogP contribution is 2.51. The fourth-order valence-electron chi connectivity index (χ4n) is 3.80. The average Bonchev–Trinajstić information content (AvgIpc) is 3.15. The molecule has 0 fully saturated rings. The molecule has 0 N–H and O–H groups in total. The summed E-state index contributed by atoms with van der Waals surface area (Å²) in [4.78, 5) is 0. The van der Waals surface area contributed by atoms with E-state index in [9.17, 15) is 0 Å². The Morgan fingerprint density at radius 3 is 2.50 bits per heavy atom. The molecule has 0 aliphatic carbocycles. The van der Waals surface area contributed by atoms with Gasteiger partial charge in [-0.1, -0.05) is 76.1 Å². The monoisotopic (exact) mass is 516 g/mol. The van der Waals surface area contributed by atoms with Gasteiger partial charge in [0, 0.05) is 27.0 Å². The number of ether oxygens (including phenoxy) is 1. The summed E-state index contributed by atoms with van der Waals surface area (Å²) < 4.78 is 8.37. The van der Waals surface area contributed by atoms with Gasteiger partial charge in [-0.05, 0) is 39.7 Å². The van der Waals surface area contributed by atoms with Crippen LogP contribution in [0.4, 0.5) is 0 Å². The molecular weight excluding hydrogens is 504 g/mol. The Balaban J connectivity index is 1.66. The van der Waals surface area contributed by atoms with Gasteiger partial charge in [0.2, 0.25) is 6.23 Å². The van der Waals surface area contributed by atoms with Crippen molar-refractivity contribution in [3.63, 3.8) is 0 Å². The number of hydrazone groups is 1. The number of rotatable bonds is 2. The van der Waals surface area contributed by atoms with Crippen LogP contribution in [-0.2, 0) is 0 Å². The summed E-state index contributed by atoms with van der Waals surface area (Å²) in [5.74, 6) is 0.846. The van der Waals surface area contributed by atoms with Crippen molar-refractivity contribution in [2.45, 2.75) is 18.7 Å². The van der Waals surface area contributed by atoms with E-state index in [4.69, 9.17) is 21.4 Å². The SMILES string of the molecule is Clc1ccccc1C1Oc2c(Br)cc(Br)cc2C2CC(c3ccccc3)=NN21. The molecule has 2 aliphatic rings. The first kappa shape index (κ1) is 18.2. The number of fused-ring (bicyclic) bond motifs is 3. The molecule has 2 aliphatic heterocycles. The normalized spacial score (nSPS) is 20.2. The third-order valence-corrected chi connectivity index (χ3v) is 6.48. The Bertz CT molecular complexity index is 1090. The minimum atomic E-state index is -0.384. The van der Waals surface area contributed by atoms with Crippen molar-refractivity contribution in [3.8, 4) is 5.75 Å². The third kappa shape index (κ3) is 3.06. The lowest BCUT2D eigenvalue weighted by Gasteiger charge is -2.39. The molecule has 2 atom stereocenters. The minimum Gasteiger partial charge on any atom is -0.463 e. The summed E-state index contributed by atoms with van der Waals surface area (Å²) in [5.41, 5.74) is 4.20. The van der Waals surface area contributed by atoms with Gasteiger partial charge >= 0.3 is 0 Å². The molecule has 0 saturated heterocycles. The van der Waals surface area contributed by atoms with Gasteiger partial charge in [-0.15, -0.1) is 0 Å². The predicted molar refractivity (Wildman–Crippen MR) is 119 cm³/mol. The van der Waals surface area contributed by atoms with Crippen LogP contribution in [0.25, 0.3) is 0 Å². The lowest BCUT2D eigenvalue weighted by Crippen LogP contribution is -2.34. The van der Waals surface area contributed by atoms with Crippen molar-refractivity contribution >= 4 is 49.2 Å². The molecule has 0 saturated carbocycles. The molecule has 0 spiro atoms. The van der Waals surface area contributed by atoms with Crippen LogP contribution in [0.3, 0.4) is 0 Å². The lowest BCUT2D eigenvalue weighted by molar-refractivity contribution is -0.0196. The first-order chi connectivity index (χ1) is 13.6. The molecule has 28 heavy (non-hydrogen) atoms. The topological polar surface area (TPSA) is 24.8 Å². The highest BCUT2D eigenvalue weighted by Gasteiger charge is 2.42. The molecule has 5 rings (SSSR count). The van der Waals surface area contributed by atoms with Crippen LogP contribution in [0.2, 0.25) is 5.02 Å². The lowest BCUT2D eigenvalue weighted by atomic mass is 9.96. The van der Waals surface area contributed by atoms with Gasteiger partial charge in [0.05, 0.1) is 16.2 Å². The molecule has 2 unspecified atom stereocenters. The molecule has 0 aromatic heterocycles. The molecule has 6 heteroatoms. The summed E-state index contributed by atoms with van der Waals surface area (Å²) >= 11 is 13.8. The van der Waals surface area contributed by atoms with E-state index in [2.05, 4.69) is 50.1 Å². The largest absolute Gasteiger partial charge is 0.463 e. The minimum absolute atomic E-state index is 0.0778. The maximum atomic E-state index is 6.52. The fraction of sp³-hybridized carbons (Fsp3) is 0.136. The molecule has 140 valence electrons. The van der Waals surface area contributed by atoms with E-state index in [1.807, 2.05) is 53.5 Å². The summed E-state index contributed by atoms with van der Waals surface area (Å²) in [5, 5.41) is 7.69. The molecule has 2 heterocycles. The smallest absolute Gasteiger partial charge is 0.215 e. The summed E-state index contributed by atoms with van der Waals surface area (Å²) in [6.45, 7) is 0. The van der Waals surface area contributed by atoms with Gasteiger partial charge in [0.1, 0.15) is 5.75 Å². The molecule has 3 aromatic rings. The molecule has 0 bridgehead atoms. The van der Waals surface area contributed by atoms with Crippen molar-refractivity contribution in [3.05, 3.63) is 97.4 Å². The first-order valence-corrected chi connectivity index (χ1v) is 10.9. The van der Waals surface area contributed by atoms with Crippen molar-refractivity contribution in [2.75, 3.05) is 0 Å².